The van der Waals surface area contributed by atoms with Gasteiger partial charge in [0.25, 0.3) is 0 Å². The number of aliphatic hydroxyl groups is 2. The molecule has 0 bridgehead atoms. The molecule has 7 heteroatoms. The zero-order chi connectivity index (χ0) is 14.8. The smallest absolute Gasteiger partial charge is 0.155 e. The standard InChI is InChI=1S/C14H14N4O3/c15-6-9-1-3-10(4-2-9)11-7-18(17-16-11)14-5-12(20)13(8-19)21-14/h1-4,7,12-14,19-20H,5,8H2/t12-,13+,14+/m0/s1. The van der Waals surface area contributed by atoms with Gasteiger partial charge in [-0.1, -0.05) is 17.3 Å². The molecule has 21 heavy (non-hydrogen) atoms. The lowest BCUT2D eigenvalue weighted by Crippen LogP contribution is -2.24. The van der Waals surface area contributed by atoms with Crippen molar-refractivity contribution in [3.8, 4) is 17.3 Å². The van der Waals surface area contributed by atoms with E-state index in [1.165, 1.54) is 4.68 Å². The van der Waals surface area contributed by atoms with Crippen LogP contribution in [0.15, 0.2) is 30.5 Å². The molecule has 1 fully saturated rings. The lowest BCUT2D eigenvalue weighted by molar-refractivity contribution is -0.0489. The van der Waals surface area contributed by atoms with Crippen LogP contribution < -0.4 is 0 Å². The molecule has 7 nitrogen and oxygen atoms in total. The Morgan fingerprint density at radius 3 is 2.76 bits per heavy atom. The van der Waals surface area contributed by atoms with E-state index in [1.54, 1.807) is 30.5 Å². The zero-order valence-corrected chi connectivity index (χ0v) is 11.1. The number of aliphatic hydroxyl groups excluding tert-OH is 2. The molecule has 2 N–H and O–H groups in total. The number of hydrogen-bond donors (Lipinski definition) is 2. The van der Waals surface area contributed by atoms with Crippen LogP contribution in [0.4, 0.5) is 0 Å². The molecular weight excluding hydrogens is 272 g/mol. The third-order valence-electron chi connectivity index (χ3n) is 3.50. The average molecular weight is 286 g/mol. The molecule has 0 spiro atoms. The highest BCUT2D eigenvalue weighted by Gasteiger charge is 2.35. The molecule has 1 aliphatic rings. The van der Waals surface area contributed by atoms with E-state index in [0.29, 0.717) is 17.7 Å². The number of aromatic nitrogens is 3. The van der Waals surface area contributed by atoms with Crippen LogP contribution in [-0.2, 0) is 4.74 Å². The second-order valence-electron chi connectivity index (χ2n) is 4.89. The van der Waals surface area contributed by atoms with E-state index in [9.17, 15) is 5.11 Å². The van der Waals surface area contributed by atoms with Gasteiger partial charge in [-0.2, -0.15) is 5.26 Å². The first-order chi connectivity index (χ1) is 10.2. The maximum Gasteiger partial charge on any atom is 0.155 e. The van der Waals surface area contributed by atoms with Crippen LogP contribution in [-0.4, -0.2) is 44.0 Å². The second kappa shape index (κ2) is 5.61. The summed E-state index contributed by atoms with van der Waals surface area (Å²) in [5.74, 6) is 0. The highest BCUT2D eigenvalue weighted by Crippen LogP contribution is 2.29. The van der Waals surface area contributed by atoms with Gasteiger partial charge in [0, 0.05) is 12.0 Å². The van der Waals surface area contributed by atoms with Gasteiger partial charge < -0.3 is 14.9 Å². The number of nitrogens with zero attached hydrogens (tertiary/aromatic N) is 4. The zero-order valence-electron chi connectivity index (χ0n) is 11.1. The van der Waals surface area contributed by atoms with Crippen molar-refractivity contribution in [2.75, 3.05) is 6.61 Å². The van der Waals surface area contributed by atoms with Crippen LogP contribution in [0.3, 0.4) is 0 Å². The quantitative estimate of drug-likeness (QED) is 0.849. The Kier molecular flexibility index (Phi) is 3.66. The van der Waals surface area contributed by atoms with E-state index in [-0.39, 0.29) is 6.61 Å². The molecule has 1 saturated heterocycles. The van der Waals surface area contributed by atoms with Crippen molar-refractivity contribution in [3.63, 3.8) is 0 Å². The van der Waals surface area contributed by atoms with Gasteiger partial charge in [-0.05, 0) is 12.1 Å². The summed E-state index contributed by atoms with van der Waals surface area (Å²) in [7, 11) is 0. The van der Waals surface area contributed by atoms with E-state index >= 15 is 0 Å². The summed E-state index contributed by atoms with van der Waals surface area (Å²) in [6.45, 7) is -0.227. The maximum absolute atomic E-state index is 9.73. The minimum absolute atomic E-state index is 0.227. The summed E-state index contributed by atoms with van der Waals surface area (Å²) in [6.07, 6.45) is 0.358. The molecule has 0 saturated carbocycles. The fourth-order valence-corrected chi connectivity index (χ4v) is 2.31. The number of ether oxygens (including phenoxy) is 1. The van der Waals surface area contributed by atoms with Gasteiger partial charge in [0.1, 0.15) is 11.8 Å². The number of benzene rings is 1. The molecule has 1 aromatic heterocycles. The molecule has 3 atom stereocenters. The molecule has 0 aliphatic carbocycles. The topological polar surface area (TPSA) is 104 Å². The van der Waals surface area contributed by atoms with Crippen LogP contribution in [0, 0.1) is 11.3 Å². The summed E-state index contributed by atoms with van der Waals surface area (Å²) in [5, 5.41) is 35.7. The Bertz CT molecular complexity index is 662. The molecule has 2 heterocycles. The largest absolute Gasteiger partial charge is 0.394 e. The van der Waals surface area contributed by atoms with Gasteiger partial charge in [0.05, 0.1) is 30.5 Å². The van der Waals surface area contributed by atoms with Crippen molar-refractivity contribution in [3.05, 3.63) is 36.0 Å². The molecule has 2 aromatic rings. The van der Waals surface area contributed by atoms with E-state index in [0.717, 1.165) is 5.56 Å². The Balaban J connectivity index is 1.79. The van der Waals surface area contributed by atoms with Gasteiger partial charge in [-0.25, -0.2) is 4.68 Å². The molecule has 3 rings (SSSR count). The molecular formula is C14H14N4O3. The number of nitriles is 1. The van der Waals surface area contributed by atoms with Crippen LogP contribution in [0.1, 0.15) is 18.2 Å². The van der Waals surface area contributed by atoms with Crippen LogP contribution in [0.25, 0.3) is 11.3 Å². The predicted molar refractivity (Wildman–Crippen MR) is 71.8 cm³/mol. The summed E-state index contributed by atoms with van der Waals surface area (Å²) in [5.41, 5.74) is 2.08. The van der Waals surface area contributed by atoms with E-state index in [4.69, 9.17) is 15.1 Å². The first-order valence-corrected chi connectivity index (χ1v) is 6.58. The first-order valence-electron chi connectivity index (χ1n) is 6.58. The summed E-state index contributed by atoms with van der Waals surface area (Å²) >= 11 is 0. The van der Waals surface area contributed by atoms with Crippen molar-refractivity contribution < 1.29 is 14.9 Å². The van der Waals surface area contributed by atoms with E-state index in [1.807, 2.05) is 0 Å². The highest BCUT2D eigenvalue weighted by atomic mass is 16.5. The SMILES string of the molecule is N#Cc1ccc(-c2cn([C@H]3C[C@H](O)[C@@H](CO)O3)nn2)cc1. The van der Waals surface area contributed by atoms with Crippen molar-refractivity contribution in [1.82, 2.24) is 15.0 Å². The van der Waals surface area contributed by atoms with E-state index < -0.39 is 18.4 Å². The number of rotatable bonds is 3. The van der Waals surface area contributed by atoms with Gasteiger partial charge >= 0.3 is 0 Å². The van der Waals surface area contributed by atoms with Crippen LogP contribution >= 0.6 is 0 Å². The van der Waals surface area contributed by atoms with Crippen molar-refractivity contribution in [2.24, 2.45) is 0 Å². The van der Waals surface area contributed by atoms with Crippen LogP contribution in [0.2, 0.25) is 0 Å². The predicted octanol–water partition coefficient (Wildman–Crippen LogP) is 0.457. The van der Waals surface area contributed by atoms with Crippen molar-refractivity contribution in [2.45, 2.75) is 24.9 Å². The average Bonchev–Trinajstić information content (AvgIpc) is 3.13. The monoisotopic (exact) mass is 286 g/mol. The van der Waals surface area contributed by atoms with Crippen molar-refractivity contribution in [1.29, 1.82) is 5.26 Å². The molecule has 1 aromatic carbocycles. The molecule has 0 unspecified atom stereocenters. The van der Waals surface area contributed by atoms with E-state index in [2.05, 4.69) is 16.4 Å². The fourth-order valence-electron chi connectivity index (χ4n) is 2.31. The van der Waals surface area contributed by atoms with Gasteiger partial charge in [0.2, 0.25) is 0 Å². The van der Waals surface area contributed by atoms with Crippen molar-refractivity contribution >= 4 is 0 Å². The number of hydrogen-bond acceptors (Lipinski definition) is 6. The molecule has 108 valence electrons. The summed E-state index contributed by atoms with van der Waals surface area (Å²) in [4.78, 5) is 0. The Morgan fingerprint density at radius 1 is 1.38 bits per heavy atom. The lowest BCUT2D eigenvalue weighted by Gasteiger charge is -2.11. The Labute approximate surface area is 121 Å². The maximum atomic E-state index is 9.73. The van der Waals surface area contributed by atoms with Gasteiger partial charge in [-0.3, -0.25) is 0 Å². The third kappa shape index (κ3) is 2.64. The van der Waals surface area contributed by atoms with Crippen LogP contribution in [0.5, 0.6) is 0 Å². The Morgan fingerprint density at radius 2 is 2.14 bits per heavy atom. The second-order valence-corrected chi connectivity index (χ2v) is 4.89. The van der Waals surface area contributed by atoms with Gasteiger partial charge in [0.15, 0.2) is 6.23 Å². The Hall–Kier alpha value is -2.27. The van der Waals surface area contributed by atoms with Gasteiger partial charge in [-0.15, -0.1) is 5.10 Å². The summed E-state index contributed by atoms with van der Waals surface area (Å²) in [6, 6.07) is 9.09. The minimum atomic E-state index is -0.706. The third-order valence-corrected chi connectivity index (χ3v) is 3.50. The first kappa shape index (κ1) is 13.7. The fraction of sp³-hybridized carbons (Fsp3) is 0.357. The molecule has 0 amide bonds. The summed E-state index contributed by atoms with van der Waals surface area (Å²) < 4.78 is 7.05. The minimum Gasteiger partial charge on any atom is -0.394 e. The molecule has 1 aliphatic heterocycles. The lowest BCUT2D eigenvalue weighted by atomic mass is 10.1. The highest BCUT2D eigenvalue weighted by molar-refractivity contribution is 5.58. The normalized spacial score (nSPS) is 24.9. The molecule has 0 radical (unpaired) electrons.